The van der Waals surface area contributed by atoms with E-state index in [1.165, 1.54) is 17.7 Å². The van der Waals surface area contributed by atoms with Crippen molar-refractivity contribution in [3.8, 4) is 17.3 Å². The van der Waals surface area contributed by atoms with Gasteiger partial charge in [-0.05, 0) is 50.3 Å². The molecule has 3 aromatic heterocycles. The molecule has 1 saturated heterocycles. The molecule has 234 valence electrons. The fourth-order valence-corrected chi connectivity index (χ4v) is 7.87. The number of nitrogens with zero attached hydrogens (tertiary/aromatic N) is 7. The number of sulfonamides is 1. The van der Waals surface area contributed by atoms with Gasteiger partial charge in [0.2, 0.25) is 10.0 Å². The summed E-state index contributed by atoms with van der Waals surface area (Å²) in [4.78, 5) is 34.7. The number of methoxy groups -OCH3 is 1. The first-order chi connectivity index (χ1) is 21.6. The van der Waals surface area contributed by atoms with Crippen molar-refractivity contribution in [1.82, 2.24) is 28.6 Å². The smallest absolute Gasteiger partial charge is 0.336 e. The van der Waals surface area contributed by atoms with Gasteiger partial charge in [0.1, 0.15) is 23.3 Å². The summed E-state index contributed by atoms with van der Waals surface area (Å²) >= 11 is 0. The normalized spacial score (nSPS) is 19.6. The van der Waals surface area contributed by atoms with E-state index in [0.29, 0.717) is 46.5 Å². The third-order valence-electron chi connectivity index (χ3n) is 9.42. The van der Waals surface area contributed by atoms with Crippen LogP contribution in [0.2, 0.25) is 0 Å². The van der Waals surface area contributed by atoms with Crippen molar-refractivity contribution in [2.24, 2.45) is 5.92 Å². The van der Waals surface area contributed by atoms with Crippen LogP contribution in [-0.2, 0) is 41.8 Å². The molecule has 4 aromatic rings. The number of fused-ring (bicyclic) bond motifs is 1. The molecule has 2 atom stereocenters. The second-order valence-electron chi connectivity index (χ2n) is 12.1. The lowest BCUT2D eigenvalue weighted by atomic mass is 9.89. The zero-order chi connectivity index (χ0) is 32.0. The van der Waals surface area contributed by atoms with E-state index in [9.17, 15) is 23.3 Å². The standard InChI is InChI=1S/C32H35N7O5S/c1-4-45(42,43)37-19-32(20-37,13-14-33)39-18-24(17-36-39)28-26-12-15-38(29(26)35-21-34-28)31(2,30(41)44-3)25-10-8-22(9-11-25)16-23-6-5-7-27(23)40/h8-12,15,17-18,21,23H,4-7,13,16,19-20H2,1-3H3. The molecule has 0 N–H and O–H groups in total. The Morgan fingerprint density at radius 2 is 1.96 bits per heavy atom. The summed E-state index contributed by atoms with van der Waals surface area (Å²) in [5, 5.41) is 14.7. The maximum absolute atomic E-state index is 13.5. The Labute approximate surface area is 261 Å². The molecule has 1 aliphatic heterocycles. The van der Waals surface area contributed by atoms with Crippen LogP contribution in [0, 0.1) is 17.2 Å². The SMILES string of the molecule is CCS(=O)(=O)N1CC(CC#N)(n2cc(-c3ncnc4c3ccn4C(C)(C(=O)OC)c3ccc(CC4CCCC4=O)cc3)cn2)C1. The number of ether oxygens (including phenoxy) is 1. The lowest BCUT2D eigenvalue weighted by Gasteiger charge is -2.47. The molecule has 4 heterocycles. The largest absolute Gasteiger partial charge is 0.467 e. The first-order valence-electron chi connectivity index (χ1n) is 15.0. The van der Waals surface area contributed by atoms with Gasteiger partial charge in [0.25, 0.3) is 0 Å². The molecular formula is C32H35N7O5S. The number of benzene rings is 1. The molecule has 0 amide bonds. The van der Waals surface area contributed by atoms with Gasteiger partial charge in [-0.25, -0.2) is 23.2 Å². The highest BCUT2D eigenvalue weighted by Crippen LogP contribution is 2.38. The van der Waals surface area contributed by atoms with Crippen molar-refractivity contribution >= 4 is 32.8 Å². The molecule has 6 rings (SSSR count). The van der Waals surface area contributed by atoms with E-state index in [2.05, 4.69) is 21.1 Å². The highest BCUT2D eigenvalue weighted by molar-refractivity contribution is 7.89. The quantitative estimate of drug-likeness (QED) is 0.240. The molecule has 13 heteroatoms. The highest BCUT2D eigenvalue weighted by Gasteiger charge is 2.50. The topological polar surface area (TPSA) is 153 Å². The van der Waals surface area contributed by atoms with E-state index in [1.807, 2.05) is 30.3 Å². The van der Waals surface area contributed by atoms with Crippen LogP contribution in [0.15, 0.2) is 55.2 Å². The lowest BCUT2D eigenvalue weighted by molar-refractivity contribution is -0.148. The molecule has 0 bridgehead atoms. The maximum atomic E-state index is 13.5. The number of carbonyl (C=O) groups is 2. The van der Waals surface area contributed by atoms with Crippen LogP contribution in [0.4, 0.5) is 0 Å². The minimum atomic E-state index is -3.38. The number of esters is 1. The Morgan fingerprint density at radius 3 is 2.60 bits per heavy atom. The van der Waals surface area contributed by atoms with Gasteiger partial charge in [0.05, 0.1) is 37.2 Å². The summed E-state index contributed by atoms with van der Waals surface area (Å²) in [6, 6.07) is 11.8. The number of hydrogen-bond donors (Lipinski definition) is 0. The van der Waals surface area contributed by atoms with Crippen LogP contribution in [0.1, 0.15) is 50.7 Å². The predicted octanol–water partition coefficient (Wildman–Crippen LogP) is 3.42. The van der Waals surface area contributed by atoms with E-state index >= 15 is 0 Å². The summed E-state index contributed by atoms with van der Waals surface area (Å²) in [5.74, 6) is -0.107. The summed E-state index contributed by atoms with van der Waals surface area (Å²) in [5.41, 5.74) is 1.48. The summed E-state index contributed by atoms with van der Waals surface area (Å²) in [6.07, 6.45) is 9.92. The summed E-state index contributed by atoms with van der Waals surface area (Å²) < 4.78 is 34.9. The van der Waals surface area contributed by atoms with Crippen molar-refractivity contribution in [2.45, 2.75) is 57.0 Å². The van der Waals surface area contributed by atoms with E-state index in [4.69, 9.17) is 4.74 Å². The Hall–Kier alpha value is -4.41. The van der Waals surface area contributed by atoms with Crippen molar-refractivity contribution in [3.05, 3.63) is 66.4 Å². The molecule has 0 radical (unpaired) electrons. The number of nitriles is 1. The minimum Gasteiger partial charge on any atom is -0.467 e. The van der Waals surface area contributed by atoms with Gasteiger partial charge in [-0.3, -0.25) is 9.48 Å². The van der Waals surface area contributed by atoms with Crippen LogP contribution < -0.4 is 0 Å². The van der Waals surface area contributed by atoms with Gasteiger partial charge < -0.3 is 9.30 Å². The number of rotatable bonds is 10. The molecule has 1 aliphatic carbocycles. The van der Waals surface area contributed by atoms with Crippen LogP contribution in [0.3, 0.4) is 0 Å². The van der Waals surface area contributed by atoms with E-state index in [1.54, 1.807) is 41.7 Å². The molecule has 0 spiro atoms. The number of carbonyl (C=O) groups excluding carboxylic acids is 2. The summed E-state index contributed by atoms with van der Waals surface area (Å²) in [6.45, 7) is 3.71. The van der Waals surface area contributed by atoms with Gasteiger partial charge in [-0.1, -0.05) is 24.3 Å². The Morgan fingerprint density at radius 1 is 1.20 bits per heavy atom. The van der Waals surface area contributed by atoms with Crippen molar-refractivity contribution in [1.29, 1.82) is 5.26 Å². The monoisotopic (exact) mass is 629 g/mol. The molecule has 1 saturated carbocycles. The molecule has 2 aliphatic rings. The number of aromatic nitrogens is 5. The molecular weight excluding hydrogens is 594 g/mol. The van der Waals surface area contributed by atoms with Crippen LogP contribution >= 0.6 is 0 Å². The van der Waals surface area contributed by atoms with Crippen molar-refractivity contribution in [2.75, 3.05) is 26.0 Å². The minimum absolute atomic E-state index is 0.00793. The lowest BCUT2D eigenvalue weighted by Crippen LogP contribution is -2.64. The van der Waals surface area contributed by atoms with Gasteiger partial charge in [0, 0.05) is 48.8 Å². The second kappa shape index (κ2) is 11.5. The van der Waals surface area contributed by atoms with E-state index in [-0.39, 0.29) is 31.2 Å². The zero-order valence-corrected chi connectivity index (χ0v) is 26.3. The predicted molar refractivity (Wildman–Crippen MR) is 165 cm³/mol. The van der Waals surface area contributed by atoms with Crippen molar-refractivity contribution < 1.29 is 22.7 Å². The number of Topliss-reactive ketones (excluding diaryl/α,β-unsaturated/α-hetero) is 1. The molecule has 1 aromatic carbocycles. The Kier molecular flexibility index (Phi) is 7.82. The van der Waals surface area contributed by atoms with E-state index in [0.717, 1.165) is 18.4 Å². The summed E-state index contributed by atoms with van der Waals surface area (Å²) in [7, 11) is -2.03. The molecule has 12 nitrogen and oxygen atoms in total. The Bertz CT molecular complexity index is 1920. The maximum Gasteiger partial charge on any atom is 0.336 e. The van der Waals surface area contributed by atoms with Gasteiger partial charge in [-0.2, -0.15) is 14.7 Å². The molecule has 2 unspecified atom stereocenters. The third-order valence-corrected chi connectivity index (χ3v) is 11.2. The zero-order valence-electron chi connectivity index (χ0n) is 25.5. The second-order valence-corrected chi connectivity index (χ2v) is 14.3. The van der Waals surface area contributed by atoms with Crippen molar-refractivity contribution in [3.63, 3.8) is 0 Å². The first-order valence-corrected chi connectivity index (χ1v) is 16.6. The number of hydrogen-bond acceptors (Lipinski definition) is 9. The Balaban J connectivity index is 1.34. The molecule has 45 heavy (non-hydrogen) atoms. The van der Waals surface area contributed by atoms with Crippen LogP contribution in [0.25, 0.3) is 22.3 Å². The fraction of sp³-hybridized carbons (Fsp3) is 0.438. The average Bonchev–Trinajstić information content (AvgIpc) is 3.79. The van der Waals surface area contributed by atoms with Crippen LogP contribution in [0.5, 0.6) is 0 Å². The van der Waals surface area contributed by atoms with Gasteiger partial charge in [-0.15, -0.1) is 0 Å². The third kappa shape index (κ3) is 5.11. The average molecular weight is 630 g/mol. The first kappa shape index (κ1) is 30.6. The van der Waals surface area contributed by atoms with E-state index < -0.39 is 27.1 Å². The van der Waals surface area contributed by atoms with Gasteiger partial charge >= 0.3 is 5.97 Å². The fourth-order valence-electron chi connectivity index (χ4n) is 6.63. The van der Waals surface area contributed by atoms with Crippen LogP contribution in [-0.4, -0.2) is 74.7 Å². The highest BCUT2D eigenvalue weighted by atomic mass is 32.2. The van der Waals surface area contributed by atoms with Gasteiger partial charge in [0.15, 0.2) is 5.54 Å². The number of ketones is 1. The molecule has 2 fully saturated rings.